The van der Waals surface area contributed by atoms with Crippen molar-refractivity contribution >= 4 is 62.5 Å². The standard InChI is InChI=1S/C21H17BrCl3N5O2/c1-11-19(22)12(2)30(27-11)9-15-5-6-18(32-15)21(31)26-20-17(25)10-29(28-20)8-13-3-4-14(23)7-16(13)24/h3-7,10H,8-9H2,1-2H3,(H,26,28,31). The maximum absolute atomic E-state index is 12.6. The lowest BCUT2D eigenvalue weighted by molar-refractivity contribution is 0.0994. The molecule has 0 saturated heterocycles. The van der Waals surface area contributed by atoms with Crippen LogP contribution in [-0.2, 0) is 13.1 Å². The number of nitrogens with one attached hydrogen (secondary N) is 1. The SMILES string of the molecule is Cc1nn(Cc2ccc(C(=O)Nc3nn(Cc4ccc(Cl)cc4Cl)cc3Cl)o2)c(C)c1Br. The Kier molecular flexibility index (Phi) is 6.67. The van der Waals surface area contributed by atoms with E-state index in [-0.39, 0.29) is 11.6 Å². The molecule has 7 nitrogen and oxygen atoms in total. The molecule has 0 saturated carbocycles. The minimum absolute atomic E-state index is 0.145. The summed E-state index contributed by atoms with van der Waals surface area (Å²) >= 11 is 21.9. The molecule has 3 heterocycles. The second-order valence-electron chi connectivity index (χ2n) is 7.12. The number of rotatable bonds is 6. The zero-order valence-electron chi connectivity index (χ0n) is 17.0. The molecule has 32 heavy (non-hydrogen) atoms. The van der Waals surface area contributed by atoms with Crippen molar-refractivity contribution in [3.05, 3.63) is 84.5 Å². The quantitative estimate of drug-likeness (QED) is 0.299. The lowest BCUT2D eigenvalue weighted by Gasteiger charge is -2.05. The van der Waals surface area contributed by atoms with Gasteiger partial charge in [-0.15, -0.1) is 0 Å². The van der Waals surface area contributed by atoms with Crippen molar-refractivity contribution in [2.75, 3.05) is 5.32 Å². The third-order valence-electron chi connectivity index (χ3n) is 4.78. The van der Waals surface area contributed by atoms with Crippen molar-refractivity contribution in [3.63, 3.8) is 0 Å². The van der Waals surface area contributed by atoms with Crippen LogP contribution < -0.4 is 5.32 Å². The molecule has 4 aromatic rings. The fourth-order valence-corrected chi connectivity index (χ4v) is 4.07. The van der Waals surface area contributed by atoms with Crippen LogP contribution in [0.5, 0.6) is 0 Å². The number of halogens is 4. The van der Waals surface area contributed by atoms with E-state index in [1.165, 1.54) is 0 Å². The number of furan rings is 1. The Hall–Kier alpha value is -2.26. The van der Waals surface area contributed by atoms with Crippen molar-refractivity contribution < 1.29 is 9.21 Å². The van der Waals surface area contributed by atoms with E-state index in [2.05, 4.69) is 31.4 Å². The summed E-state index contributed by atoms with van der Waals surface area (Å²) in [4.78, 5) is 12.6. The van der Waals surface area contributed by atoms with Crippen LogP contribution in [0.2, 0.25) is 15.1 Å². The van der Waals surface area contributed by atoms with Gasteiger partial charge in [0.2, 0.25) is 0 Å². The maximum Gasteiger partial charge on any atom is 0.292 e. The minimum Gasteiger partial charge on any atom is -0.454 e. The number of amides is 1. The van der Waals surface area contributed by atoms with E-state index in [1.54, 1.807) is 39.8 Å². The molecule has 0 aliphatic heterocycles. The summed E-state index contributed by atoms with van der Waals surface area (Å²) in [5, 5.41) is 12.8. The van der Waals surface area contributed by atoms with E-state index in [0.29, 0.717) is 33.9 Å². The molecule has 0 spiro atoms. The van der Waals surface area contributed by atoms with Gasteiger partial charge >= 0.3 is 0 Å². The molecule has 0 aliphatic carbocycles. The molecule has 0 atom stereocenters. The first-order chi connectivity index (χ1) is 15.2. The molecule has 0 bridgehead atoms. The lowest BCUT2D eigenvalue weighted by atomic mass is 10.2. The summed E-state index contributed by atoms with van der Waals surface area (Å²) in [6, 6.07) is 8.55. The first-order valence-electron chi connectivity index (χ1n) is 9.47. The lowest BCUT2D eigenvalue weighted by Crippen LogP contribution is -2.12. The Balaban J connectivity index is 1.44. The van der Waals surface area contributed by atoms with Gasteiger partial charge in [0.25, 0.3) is 5.91 Å². The van der Waals surface area contributed by atoms with Gasteiger partial charge in [-0.3, -0.25) is 14.2 Å². The molecule has 1 N–H and O–H groups in total. The summed E-state index contributed by atoms with van der Waals surface area (Å²) in [5.74, 6) is 0.513. The number of aryl methyl sites for hydroxylation is 1. The van der Waals surface area contributed by atoms with Gasteiger partial charge in [0.05, 0.1) is 29.0 Å². The summed E-state index contributed by atoms with van der Waals surface area (Å²) in [6.07, 6.45) is 1.61. The zero-order chi connectivity index (χ0) is 23.0. The van der Waals surface area contributed by atoms with Crippen molar-refractivity contribution in [2.45, 2.75) is 26.9 Å². The fourth-order valence-electron chi connectivity index (χ4n) is 3.12. The monoisotopic (exact) mass is 555 g/mol. The molecule has 1 amide bonds. The zero-order valence-corrected chi connectivity index (χ0v) is 20.8. The second-order valence-corrected chi connectivity index (χ2v) is 9.17. The van der Waals surface area contributed by atoms with E-state index < -0.39 is 5.91 Å². The minimum atomic E-state index is -0.456. The second kappa shape index (κ2) is 9.31. The maximum atomic E-state index is 12.6. The molecule has 0 aliphatic rings. The normalized spacial score (nSPS) is 11.2. The highest BCUT2D eigenvalue weighted by Gasteiger charge is 2.17. The molecular formula is C21H17BrCl3N5O2. The molecule has 3 aromatic heterocycles. The van der Waals surface area contributed by atoms with Gasteiger partial charge in [-0.2, -0.15) is 10.2 Å². The highest BCUT2D eigenvalue weighted by Crippen LogP contribution is 2.25. The van der Waals surface area contributed by atoms with Crippen LogP contribution in [0.25, 0.3) is 0 Å². The van der Waals surface area contributed by atoms with E-state index in [0.717, 1.165) is 21.4 Å². The van der Waals surface area contributed by atoms with Gasteiger partial charge in [-0.1, -0.05) is 40.9 Å². The number of nitrogens with zero attached hydrogens (tertiary/aromatic N) is 4. The highest BCUT2D eigenvalue weighted by molar-refractivity contribution is 9.10. The van der Waals surface area contributed by atoms with Crippen LogP contribution in [0, 0.1) is 13.8 Å². The molecule has 1 aromatic carbocycles. The van der Waals surface area contributed by atoms with Crippen LogP contribution in [0.3, 0.4) is 0 Å². The number of anilines is 1. The van der Waals surface area contributed by atoms with Crippen molar-refractivity contribution in [2.24, 2.45) is 0 Å². The van der Waals surface area contributed by atoms with Crippen LogP contribution in [0.1, 0.15) is 33.3 Å². The van der Waals surface area contributed by atoms with E-state index in [9.17, 15) is 4.79 Å². The number of hydrogen-bond acceptors (Lipinski definition) is 4. The Morgan fingerprint density at radius 3 is 2.56 bits per heavy atom. The average Bonchev–Trinajstić information content (AvgIpc) is 3.40. The average molecular weight is 558 g/mol. The molecule has 11 heteroatoms. The molecular weight excluding hydrogens is 541 g/mol. The number of benzene rings is 1. The van der Waals surface area contributed by atoms with E-state index in [4.69, 9.17) is 39.2 Å². The van der Waals surface area contributed by atoms with Gasteiger partial charge in [0.15, 0.2) is 11.6 Å². The predicted molar refractivity (Wildman–Crippen MR) is 128 cm³/mol. The van der Waals surface area contributed by atoms with Gasteiger partial charge in [-0.05, 0) is 59.6 Å². The summed E-state index contributed by atoms with van der Waals surface area (Å²) in [5.41, 5.74) is 2.68. The number of carbonyl (C=O) groups excluding carboxylic acids is 1. The Morgan fingerprint density at radius 2 is 1.88 bits per heavy atom. The van der Waals surface area contributed by atoms with Gasteiger partial charge < -0.3 is 9.73 Å². The van der Waals surface area contributed by atoms with Crippen LogP contribution >= 0.6 is 50.7 Å². The van der Waals surface area contributed by atoms with E-state index >= 15 is 0 Å². The predicted octanol–water partition coefficient (Wildman–Crippen LogP) is 6.36. The van der Waals surface area contributed by atoms with Crippen LogP contribution in [0.4, 0.5) is 5.82 Å². The Labute approximate surface area is 207 Å². The molecule has 0 fully saturated rings. The summed E-state index contributed by atoms with van der Waals surface area (Å²) in [7, 11) is 0. The van der Waals surface area contributed by atoms with Crippen molar-refractivity contribution in [3.8, 4) is 0 Å². The first-order valence-corrected chi connectivity index (χ1v) is 11.4. The van der Waals surface area contributed by atoms with Gasteiger partial charge in [0, 0.05) is 16.2 Å². The first kappa shape index (κ1) is 22.9. The Morgan fingerprint density at radius 1 is 1.09 bits per heavy atom. The topological polar surface area (TPSA) is 77.9 Å². The molecule has 166 valence electrons. The molecule has 0 unspecified atom stereocenters. The number of carbonyl (C=O) groups is 1. The summed E-state index contributed by atoms with van der Waals surface area (Å²) in [6.45, 7) is 4.64. The van der Waals surface area contributed by atoms with E-state index in [1.807, 2.05) is 19.9 Å². The fraction of sp³-hybridized carbons (Fsp3) is 0.190. The van der Waals surface area contributed by atoms with Gasteiger partial charge in [0.1, 0.15) is 10.8 Å². The van der Waals surface area contributed by atoms with Crippen LogP contribution in [-0.4, -0.2) is 25.5 Å². The number of hydrogen-bond donors (Lipinski definition) is 1. The smallest absolute Gasteiger partial charge is 0.292 e. The Bertz CT molecular complexity index is 1310. The third-order valence-corrected chi connectivity index (χ3v) is 6.79. The van der Waals surface area contributed by atoms with Gasteiger partial charge in [-0.25, -0.2) is 0 Å². The third kappa shape index (κ3) is 4.88. The summed E-state index contributed by atoms with van der Waals surface area (Å²) < 4.78 is 10.0. The van der Waals surface area contributed by atoms with Crippen molar-refractivity contribution in [1.82, 2.24) is 19.6 Å². The van der Waals surface area contributed by atoms with Crippen molar-refractivity contribution in [1.29, 1.82) is 0 Å². The highest BCUT2D eigenvalue weighted by atomic mass is 79.9. The van der Waals surface area contributed by atoms with Crippen LogP contribution in [0.15, 0.2) is 45.4 Å². The largest absolute Gasteiger partial charge is 0.454 e. The molecule has 4 rings (SSSR count). The molecule has 0 radical (unpaired) electrons. The number of aromatic nitrogens is 4.